The van der Waals surface area contributed by atoms with E-state index in [0.717, 1.165) is 31.8 Å². The Labute approximate surface area is 110 Å². The van der Waals surface area contributed by atoms with Crippen molar-refractivity contribution < 1.29 is 13.7 Å². The lowest BCUT2D eigenvalue weighted by molar-refractivity contribution is 0.0991. The van der Waals surface area contributed by atoms with Gasteiger partial charge in [0.05, 0.1) is 12.4 Å². The summed E-state index contributed by atoms with van der Waals surface area (Å²) in [7, 11) is -0.814. The molecule has 2 rings (SSSR count). The molecule has 1 heterocycles. The van der Waals surface area contributed by atoms with Crippen molar-refractivity contribution in [1.82, 2.24) is 0 Å². The molecule has 0 spiro atoms. The van der Waals surface area contributed by atoms with E-state index in [2.05, 4.69) is 0 Å². The molecule has 18 heavy (non-hydrogen) atoms. The van der Waals surface area contributed by atoms with Crippen molar-refractivity contribution in [1.29, 1.82) is 0 Å². The molecule has 1 aromatic rings. The van der Waals surface area contributed by atoms with Crippen LogP contribution in [0.2, 0.25) is 0 Å². The number of hydrogen-bond acceptors (Lipinski definition) is 4. The first-order chi connectivity index (χ1) is 8.75. The molecule has 0 saturated carbocycles. The lowest BCUT2D eigenvalue weighted by Gasteiger charge is -2.21. The third kappa shape index (κ3) is 3.99. The minimum atomic E-state index is -0.814. The average Bonchev–Trinajstić information content (AvgIpc) is 2.42. The first-order valence-corrected chi connectivity index (χ1v) is 7.57. The highest BCUT2D eigenvalue weighted by molar-refractivity contribution is 7.85. The highest BCUT2D eigenvalue weighted by atomic mass is 32.2. The van der Waals surface area contributed by atoms with Gasteiger partial charge in [-0.25, -0.2) is 0 Å². The van der Waals surface area contributed by atoms with Crippen LogP contribution < -0.4 is 10.5 Å². The summed E-state index contributed by atoms with van der Waals surface area (Å²) in [5.74, 6) is 1.35. The Hall–Kier alpha value is -1.07. The molecular formula is C13H19NO3S. The Bertz CT molecular complexity index is 388. The van der Waals surface area contributed by atoms with Crippen molar-refractivity contribution in [3.05, 3.63) is 24.3 Å². The van der Waals surface area contributed by atoms with E-state index in [1.807, 2.05) is 12.1 Å². The van der Waals surface area contributed by atoms with Crippen LogP contribution in [0.15, 0.2) is 24.3 Å². The summed E-state index contributed by atoms with van der Waals surface area (Å²) in [5, 5.41) is 0.272. The second kappa shape index (κ2) is 6.75. The second-order valence-electron chi connectivity index (χ2n) is 4.31. The fraction of sp³-hybridized carbons (Fsp3) is 0.538. The lowest BCUT2D eigenvalue weighted by atomic mass is 10.2. The molecule has 0 aromatic heterocycles. The van der Waals surface area contributed by atoms with Crippen LogP contribution in [0.4, 0.5) is 5.69 Å². The van der Waals surface area contributed by atoms with Crippen molar-refractivity contribution in [3.63, 3.8) is 0 Å². The molecule has 1 aliphatic heterocycles. The van der Waals surface area contributed by atoms with Crippen LogP contribution in [0.3, 0.4) is 0 Å². The normalized spacial score (nSPS) is 18.4. The van der Waals surface area contributed by atoms with Crippen LogP contribution in [0, 0.1) is 0 Å². The number of benzene rings is 1. The van der Waals surface area contributed by atoms with Crippen LogP contribution in [-0.2, 0) is 15.5 Å². The summed E-state index contributed by atoms with van der Waals surface area (Å²) < 4.78 is 22.8. The van der Waals surface area contributed by atoms with Crippen molar-refractivity contribution in [2.24, 2.45) is 0 Å². The maximum Gasteiger partial charge on any atom is 0.119 e. The molecule has 1 atom stereocenters. The monoisotopic (exact) mass is 269 g/mol. The van der Waals surface area contributed by atoms with Gasteiger partial charge in [-0.1, -0.05) is 0 Å². The van der Waals surface area contributed by atoms with Crippen molar-refractivity contribution in [2.75, 3.05) is 31.3 Å². The fourth-order valence-corrected chi connectivity index (χ4v) is 3.21. The Morgan fingerprint density at radius 1 is 1.28 bits per heavy atom. The largest absolute Gasteiger partial charge is 0.493 e. The second-order valence-corrected chi connectivity index (χ2v) is 6.15. The van der Waals surface area contributed by atoms with Gasteiger partial charge >= 0.3 is 0 Å². The summed E-state index contributed by atoms with van der Waals surface area (Å²) >= 11 is 0. The van der Waals surface area contributed by atoms with Crippen molar-refractivity contribution in [2.45, 2.75) is 18.1 Å². The molecule has 0 amide bonds. The van der Waals surface area contributed by atoms with Gasteiger partial charge in [0, 0.05) is 35.0 Å². The van der Waals surface area contributed by atoms with Gasteiger partial charge in [0.1, 0.15) is 5.75 Å². The number of rotatable bonds is 5. The highest BCUT2D eigenvalue weighted by Crippen LogP contribution is 2.15. The van der Waals surface area contributed by atoms with Crippen molar-refractivity contribution in [3.8, 4) is 5.75 Å². The molecule has 1 aliphatic rings. The summed E-state index contributed by atoms with van der Waals surface area (Å²) in [6, 6.07) is 7.24. The topological polar surface area (TPSA) is 61.5 Å². The fourth-order valence-electron chi connectivity index (χ4n) is 1.91. The Morgan fingerprint density at radius 2 is 1.94 bits per heavy atom. The molecular weight excluding hydrogens is 250 g/mol. The molecule has 5 heteroatoms. The number of anilines is 1. The van der Waals surface area contributed by atoms with E-state index in [-0.39, 0.29) is 5.25 Å². The minimum absolute atomic E-state index is 0.272. The predicted octanol–water partition coefficient (Wildman–Crippen LogP) is 1.58. The third-order valence-electron chi connectivity index (χ3n) is 2.97. The maximum atomic E-state index is 12.0. The zero-order valence-corrected chi connectivity index (χ0v) is 11.2. The Morgan fingerprint density at radius 3 is 2.61 bits per heavy atom. The van der Waals surface area contributed by atoms with Crippen LogP contribution >= 0.6 is 0 Å². The third-order valence-corrected chi connectivity index (χ3v) is 4.76. The van der Waals surface area contributed by atoms with E-state index < -0.39 is 10.8 Å². The van der Waals surface area contributed by atoms with Crippen LogP contribution in [0.5, 0.6) is 5.75 Å². The quantitative estimate of drug-likeness (QED) is 0.824. The molecule has 4 nitrogen and oxygen atoms in total. The van der Waals surface area contributed by atoms with E-state index in [1.165, 1.54) is 0 Å². The predicted molar refractivity (Wildman–Crippen MR) is 73.2 cm³/mol. The number of nitrogens with two attached hydrogens (primary N) is 1. The van der Waals surface area contributed by atoms with Gasteiger partial charge in [0.15, 0.2) is 0 Å². The molecule has 0 aliphatic carbocycles. The summed E-state index contributed by atoms with van der Waals surface area (Å²) in [4.78, 5) is 0. The molecule has 2 N–H and O–H groups in total. The SMILES string of the molecule is Nc1ccc(OCCS(=O)C2CCOCC2)cc1. The molecule has 0 bridgehead atoms. The zero-order valence-electron chi connectivity index (χ0n) is 10.3. The number of ether oxygens (including phenoxy) is 2. The van der Waals surface area contributed by atoms with Gasteiger partial charge in [-0.3, -0.25) is 4.21 Å². The van der Waals surface area contributed by atoms with Crippen molar-refractivity contribution >= 4 is 16.5 Å². The maximum absolute atomic E-state index is 12.0. The van der Waals surface area contributed by atoms with Crippen LogP contribution in [0.1, 0.15) is 12.8 Å². The highest BCUT2D eigenvalue weighted by Gasteiger charge is 2.19. The molecule has 1 saturated heterocycles. The van der Waals surface area contributed by atoms with E-state index in [1.54, 1.807) is 12.1 Å². The smallest absolute Gasteiger partial charge is 0.119 e. The van der Waals surface area contributed by atoms with Gasteiger partial charge in [-0.05, 0) is 37.1 Å². The Kier molecular flexibility index (Phi) is 5.01. The summed E-state index contributed by atoms with van der Waals surface area (Å²) in [5.41, 5.74) is 6.30. The summed E-state index contributed by atoms with van der Waals surface area (Å²) in [6.07, 6.45) is 1.79. The van der Waals surface area contributed by atoms with E-state index in [0.29, 0.717) is 18.0 Å². The minimum Gasteiger partial charge on any atom is -0.493 e. The van der Waals surface area contributed by atoms with E-state index >= 15 is 0 Å². The number of hydrogen-bond donors (Lipinski definition) is 1. The molecule has 1 aromatic carbocycles. The van der Waals surface area contributed by atoms with Crippen LogP contribution in [0.25, 0.3) is 0 Å². The molecule has 100 valence electrons. The first-order valence-electron chi connectivity index (χ1n) is 6.19. The first kappa shape index (κ1) is 13.4. The van der Waals surface area contributed by atoms with Gasteiger partial charge in [-0.15, -0.1) is 0 Å². The molecule has 0 radical (unpaired) electrons. The average molecular weight is 269 g/mol. The molecule has 1 fully saturated rings. The number of nitrogen functional groups attached to an aromatic ring is 1. The van der Waals surface area contributed by atoms with E-state index in [9.17, 15) is 4.21 Å². The molecule has 1 unspecified atom stereocenters. The van der Waals surface area contributed by atoms with Gasteiger partial charge in [-0.2, -0.15) is 0 Å². The Balaban J connectivity index is 1.71. The zero-order chi connectivity index (χ0) is 12.8. The standard InChI is InChI=1S/C13H19NO3S/c14-11-1-3-12(4-2-11)17-9-10-18(15)13-5-7-16-8-6-13/h1-4,13H,5-10,14H2. The van der Waals surface area contributed by atoms with Gasteiger partial charge in [0.2, 0.25) is 0 Å². The summed E-state index contributed by atoms with van der Waals surface area (Å²) in [6.45, 7) is 1.94. The van der Waals surface area contributed by atoms with E-state index in [4.69, 9.17) is 15.2 Å². The lowest BCUT2D eigenvalue weighted by Crippen LogP contribution is -2.27. The van der Waals surface area contributed by atoms with Crippen LogP contribution in [-0.4, -0.2) is 35.0 Å². The van der Waals surface area contributed by atoms with Gasteiger partial charge in [0.25, 0.3) is 0 Å². The van der Waals surface area contributed by atoms with Gasteiger partial charge < -0.3 is 15.2 Å².